The van der Waals surface area contributed by atoms with E-state index in [0.29, 0.717) is 12.2 Å². The van der Waals surface area contributed by atoms with Crippen molar-refractivity contribution in [2.45, 2.75) is 51.1 Å². The molecule has 2 rings (SSSR count). The summed E-state index contributed by atoms with van der Waals surface area (Å²) in [6, 6.07) is 2.12. The quantitative estimate of drug-likeness (QED) is 0.893. The van der Waals surface area contributed by atoms with Crippen molar-refractivity contribution in [3.05, 3.63) is 22.4 Å². The second-order valence-electron chi connectivity index (χ2n) is 5.69. The molecule has 0 saturated heterocycles. The Kier molecular flexibility index (Phi) is 4.36. The van der Waals surface area contributed by atoms with E-state index in [2.05, 4.69) is 35.1 Å². The lowest BCUT2D eigenvalue weighted by molar-refractivity contribution is 0.0892. The van der Waals surface area contributed by atoms with Gasteiger partial charge in [-0.15, -0.1) is 0 Å². The number of carbonyl (C=O) groups is 1. The molecule has 0 bridgehead atoms. The molecule has 1 amide bonds. The number of nitrogens with one attached hydrogen (secondary N) is 1. The second-order valence-corrected chi connectivity index (χ2v) is 6.61. The molecule has 0 unspecified atom stereocenters. The van der Waals surface area contributed by atoms with Crippen LogP contribution in [0.15, 0.2) is 16.7 Å². The predicted molar refractivity (Wildman–Crippen MR) is 80.2 cm³/mol. The van der Waals surface area contributed by atoms with Crippen LogP contribution in [0.1, 0.15) is 56.1 Å². The van der Waals surface area contributed by atoms with Gasteiger partial charge in [-0.2, -0.15) is 0 Å². The minimum atomic E-state index is -0.199. The fourth-order valence-electron chi connectivity index (χ4n) is 2.79. The minimum Gasteiger partial charge on any atom is -0.344 e. The molecule has 1 heterocycles. The molecule has 1 aliphatic rings. The summed E-state index contributed by atoms with van der Waals surface area (Å²) in [5.41, 5.74) is 6.36. The summed E-state index contributed by atoms with van der Waals surface area (Å²) >= 11 is 3.44. The average molecular weight is 328 g/mol. The standard InChI is InChI=1S/C14H22BrN3O/c1-10(2)18-8-11(15)7-12(18)13(19)17-14(9-16)5-3-4-6-14/h7-8,10H,3-6,9,16H2,1-2H3,(H,17,19). The summed E-state index contributed by atoms with van der Waals surface area (Å²) in [6.45, 7) is 4.65. The summed E-state index contributed by atoms with van der Waals surface area (Å²) in [6.07, 6.45) is 6.21. The molecular weight excluding hydrogens is 306 g/mol. The number of carbonyl (C=O) groups excluding carboxylic acids is 1. The third-order valence-electron chi connectivity index (χ3n) is 3.93. The molecule has 1 aromatic rings. The highest BCUT2D eigenvalue weighted by molar-refractivity contribution is 9.10. The summed E-state index contributed by atoms with van der Waals surface area (Å²) in [5.74, 6) is -0.0215. The molecule has 1 aromatic heterocycles. The molecule has 19 heavy (non-hydrogen) atoms. The van der Waals surface area contributed by atoms with Crippen LogP contribution in [0, 0.1) is 0 Å². The highest BCUT2D eigenvalue weighted by Gasteiger charge is 2.34. The molecule has 106 valence electrons. The van der Waals surface area contributed by atoms with Gasteiger partial charge in [-0.25, -0.2) is 0 Å². The topological polar surface area (TPSA) is 60.0 Å². The first-order valence-electron chi connectivity index (χ1n) is 6.87. The van der Waals surface area contributed by atoms with Gasteiger partial charge in [0.25, 0.3) is 5.91 Å². The molecule has 4 nitrogen and oxygen atoms in total. The Balaban J connectivity index is 2.20. The number of aromatic nitrogens is 1. The molecule has 1 saturated carbocycles. The lowest BCUT2D eigenvalue weighted by Crippen LogP contribution is -2.52. The molecule has 0 spiro atoms. The van der Waals surface area contributed by atoms with Crippen LogP contribution in [0.5, 0.6) is 0 Å². The lowest BCUT2D eigenvalue weighted by atomic mass is 9.97. The van der Waals surface area contributed by atoms with Gasteiger partial charge >= 0.3 is 0 Å². The molecule has 3 N–H and O–H groups in total. The van der Waals surface area contributed by atoms with Crippen molar-refractivity contribution in [1.29, 1.82) is 0 Å². The maximum atomic E-state index is 12.5. The Labute approximate surface area is 122 Å². The van der Waals surface area contributed by atoms with Crippen LogP contribution < -0.4 is 11.1 Å². The zero-order chi connectivity index (χ0) is 14.0. The number of halogens is 1. The van der Waals surface area contributed by atoms with Crippen LogP contribution in [-0.4, -0.2) is 22.6 Å². The van der Waals surface area contributed by atoms with E-state index in [-0.39, 0.29) is 17.5 Å². The van der Waals surface area contributed by atoms with Crippen LogP contribution in [0.3, 0.4) is 0 Å². The number of hydrogen-bond acceptors (Lipinski definition) is 2. The smallest absolute Gasteiger partial charge is 0.268 e. The van der Waals surface area contributed by atoms with Gasteiger partial charge in [-0.3, -0.25) is 4.79 Å². The highest BCUT2D eigenvalue weighted by Crippen LogP contribution is 2.29. The third kappa shape index (κ3) is 3.03. The van der Waals surface area contributed by atoms with Gasteiger partial charge in [0.2, 0.25) is 0 Å². The summed E-state index contributed by atoms with van der Waals surface area (Å²) in [5, 5.41) is 3.16. The van der Waals surface area contributed by atoms with Crippen molar-refractivity contribution in [3.63, 3.8) is 0 Å². The zero-order valence-electron chi connectivity index (χ0n) is 11.6. The molecule has 0 aliphatic heterocycles. The van der Waals surface area contributed by atoms with Crippen molar-refractivity contribution in [2.24, 2.45) is 5.73 Å². The normalized spacial score (nSPS) is 17.9. The van der Waals surface area contributed by atoms with Gasteiger partial charge < -0.3 is 15.6 Å². The molecular formula is C14H22BrN3O. The largest absolute Gasteiger partial charge is 0.344 e. The SMILES string of the molecule is CC(C)n1cc(Br)cc1C(=O)NC1(CN)CCCC1. The monoisotopic (exact) mass is 327 g/mol. The lowest BCUT2D eigenvalue weighted by Gasteiger charge is -2.29. The molecule has 0 atom stereocenters. The van der Waals surface area contributed by atoms with Gasteiger partial charge in [0.05, 0.1) is 5.54 Å². The Morgan fingerprint density at radius 1 is 1.53 bits per heavy atom. The first-order valence-corrected chi connectivity index (χ1v) is 7.67. The molecule has 1 aliphatic carbocycles. The molecule has 0 radical (unpaired) electrons. The van der Waals surface area contributed by atoms with Crippen LogP contribution in [-0.2, 0) is 0 Å². The van der Waals surface area contributed by atoms with E-state index in [0.717, 1.165) is 30.2 Å². The Hall–Kier alpha value is -0.810. The minimum absolute atomic E-state index is 0.0215. The van der Waals surface area contributed by atoms with Crippen LogP contribution >= 0.6 is 15.9 Å². The van der Waals surface area contributed by atoms with Gasteiger partial charge in [0.15, 0.2) is 0 Å². The fraction of sp³-hybridized carbons (Fsp3) is 0.643. The van der Waals surface area contributed by atoms with E-state index >= 15 is 0 Å². The van der Waals surface area contributed by atoms with E-state index < -0.39 is 0 Å². The number of hydrogen-bond donors (Lipinski definition) is 2. The average Bonchev–Trinajstić information content (AvgIpc) is 2.96. The second kappa shape index (κ2) is 5.67. The first-order chi connectivity index (χ1) is 8.97. The molecule has 5 heteroatoms. The van der Waals surface area contributed by atoms with E-state index in [1.54, 1.807) is 0 Å². The Bertz CT molecular complexity index is 461. The number of rotatable bonds is 4. The van der Waals surface area contributed by atoms with Crippen LogP contribution in [0.2, 0.25) is 0 Å². The molecule has 1 fully saturated rings. The van der Waals surface area contributed by atoms with Gasteiger partial charge in [-0.1, -0.05) is 12.8 Å². The van der Waals surface area contributed by atoms with Crippen molar-refractivity contribution >= 4 is 21.8 Å². The number of nitrogens with zero attached hydrogens (tertiary/aromatic N) is 1. The van der Waals surface area contributed by atoms with E-state index in [4.69, 9.17) is 5.73 Å². The first kappa shape index (κ1) is 14.6. The highest BCUT2D eigenvalue weighted by atomic mass is 79.9. The van der Waals surface area contributed by atoms with Crippen LogP contribution in [0.4, 0.5) is 0 Å². The van der Waals surface area contributed by atoms with Crippen molar-refractivity contribution in [1.82, 2.24) is 9.88 Å². The van der Waals surface area contributed by atoms with E-state index in [1.165, 1.54) is 0 Å². The van der Waals surface area contributed by atoms with Gasteiger partial charge in [-0.05, 0) is 48.7 Å². The van der Waals surface area contributed by atoms with Crippen molar-refractivity contribution in [3.8, 4) is 0 Å². The number of amides is 1. The van der Waals surface area contributed by atoms with Crippen LogP contribution in [0.25, 0.3) is 0 Å². The fourth-order valence-corrected chi connectivity index (χ4v) is 3.23. The third-order valence-corrected chi connectivity index (χ3v) is 4.37. The summed E-state index contributed by atoms with van der Waals surface area (Å²) in [4.78, 5) is 12.5. The maximum Gasteiger partial charge on any atom is 0.268 e. The predicted octanol–water partition coefficient (Wildman–Crippen LogP) is 2.83. The van der Waals surface area contributed by atoms with E-state index in [9.17, 15) is 4.79 Å². The molecule has 0 aromatic carbocycles. The summed E-state index contributed by atoms with van der Waals surface area (Å²) < 4.78 is 2.91. The zero-order valence-corrected chi connectivity index (χ0v) is 13.2. The number of nitrogens with two attached hydrogens (primary N) is 1. The summed E-state index contributed by atoms with van der Waals surface area (Å²) in [7, 11) is 0. The van der Waals surface area contributed by atoms with E-state index in [1.807, 2.05) is 16.8 Å². The van der Waals surface area contributed by atoms with Crippen molar-refractivity contribution in [2.75, 3.05) is 6.54 Å². The van der Waals surface area contributed by atoms with Gasteiger partial charge in [0, 0.05) is 23.3 Å². The Morgan fingerprint density at radius 3 is 2.68 bits per heavy atom. The van der Waals surface area contributed by atoms with Crippen molar-refractivity contribution < 1.29 is 4.79 Å². The maximum absolute atomic E-state index is 12.5. The Morgan fingerprint density at radius 2 is 2.16 bits per heavy atom. The van der Waals surface area contributed by atoms with Gasteiger partial charge in [0.1, 0.15) is 5.69 Å².